The molecule has 6 nitrogen and oxygen atoms in total. The number of aliphatic hydroxyl groups excluding tert-OH is 1. The van der Waals surface area contributed by atoms with Crippen LogP contribution in [0.2, 0.25) is 0 Å². The molecule has 3 aromatic heterocycles. The first-order valence-corrected chi connectivity index (χ1v) is 9.87. The summed E-state index contributed by atoms with van der Waals surface area (Å²) in [6.07, 6.45) is 3.62. The van der Waals surface area contributed by atoms with E-state index in [1.165, 1.54) is 23.5 Å². The van der Waals surface area contributed by atoms with Crippen LogP contribution >= 0.6 is 11.3 Å². The molecule has 2 N–H and O–H groups in total. The Bertz CT molecular complexity index is 1090. The van der Waals surface area contributed by atoms with E-state index in [0.29, 0.717) is 11.6 Å². The normalized spacial score (nSPS) is 12.6. The Morgan fingerprint density at radius 3 is 2.68 bits per heavy atom. The molecule has 0 aliphatic rings. The molecule has 0 fully saturated rings. The number of hydrogen-bond acceptors (Lipinski definition) is 6. The molecule has 8 heteroatoms. The van der Waals surface area contributed by atoms with Crippen LogP contribution in [0.25, 0.3) is 27.6 Å². The van der Waals surface area contributed by atoms with Gasteiger partial charge in [0, 0.05) is 23.3 Å². The molecule has 0 radical (unpaired) electrons. The highest BCUT2D eigenvalue weighted by Gasteiger charge is 2.19. The van der Waals surface area contributed by atoms with Crippen LogP contribution in [0.3, 0.4) is 0 Å². The van der Waals surface area contributed by atoms with Crippen LogP contribution in [0.4, 0.5) is 10.3 Å². The van der Waals surface area contributed by atoms with E-state index in [-0.39, 0.29) is 24.4 Å². The van der Waals surface area contributed by atoms with Crippen molar-refractivity contribution in [2.24, 2.45) is 5.92 Å². The highest BCUT2D eigenvalue weighted by Crippen LogP contribution is 2.33. The van der Waals surface area contributed by atoms with E-state index >= 15 is 0 Å². The molecule has 0 spiro atoms. The van der Waals surface area contributed by atoms with E-state index in [9.17, 15) is 9.50 Å². The Kier molecular flexibility index (Phi) is 5.06. The van der Waals surface area contributed by atoms with E-state index in [4.69, 9.17) is 4.98 Å². The van der Waals surface area contributed by atoms with Gasteiger partial charge >= 0.3 is 0 Å². The summed E-state index contributed by atoms with van der Waals surface area (Å²) < 4.78 is 15.3. The maximum absolute atomic E-state index is 13.4. The Morgan fingerprint density at radius 1 is 1.18 bits per heavy atom. The summed E-state index contributed by atoms with van der Waals surface area (Å²) in [6.45, 7) is 4.04. The lowest BCUT2D eigenvalue weighted by Crippen LogP contribution is -2.30. The van der Waals surface area contributed by atoms with Crippen molar-refractivity contribution >= 4 is 22.2 Å². The van der Waals surface area contributed by atoms with Gasteiger partial charge in [-0.15, -0.1) is 11.3 Å². The number of aliphatic hydroxyl groups is 1. The van der Waals surface area contributed by atoms with Crippen molar-refractivity contribution < 1.29 is 9.50 Å². The van der Waals surface area contributed by atoms with Gasteiger partial charge in [-0.05, 0) is 36.2 Å². The SMILES string of the molecule is CC(C)[C@H](CO)Nc1nccc(-c2c(-c3ccc(F)cc3)nc3sccn23)n1. The smallest absolute Gasteiger partial charge is 0.223 e. The van der Waals surface area contributed by atoms with Gasteiger partial charge in [0.05, 0.1) is 24.0 Å². The van der Waals surface area contributed by atoms with Gasteiger partial charge in [0.15, 0.2) is 4.96 Å². The average molecular weight is 397 g/mol. The molecule has 4 aromatic rings. The Morgan fingerprint density at radius 2 is 1.96 bits per heavy atom. The molecule has 0 aliphatic carbocycles. The molecule has 0 aliphatic heterocycles. The number of anilines is 1. The fraction of sp³-hybridized carbons (Fsp3) is 0.250. The first-order chi connectivity index (χ1) is 13.6. The van der Waals surface area contributed by atoms with Crippen LogP contribution in [0.1, 0.15) is 13.8 Å². The number of hydrogen-bond donors (Lipinski definition) is 2. The van der Waals surface area contributed by atoms with Gasteiger partial charge in [-0.3, -0.25) is 4.40 Å². The summed E-state index contributed by atoms with van der Waals surface area (Å²) in [5.41, 5.74) is 3.07. The van der Waals surface area contributed by atoms with E-state index < -0.39 is 0 Å². The summed E-state index contributed by atoms with van der Waals surface area (Å²) in [5.74, 6) is 0.384. The fourth-order valence-electron chi connectivity index (χ4n) is 2.99. The summed E-state index contributed by atoms with van der Waals surface area (Å²) in [7, 11) is 0. The number of fused-ring (bicyclic) bond motifs is 1. The van der Waals surface area contributed by atoms with E-state index in [1.54, 1.807) is 18.3 Å². The van der Waals surface area contributed by atoms with Crippen molar-refractivity contribution in [1.82, 2.24) is 19.4 Å². The monoisotopic (exact) mass is 397 g/mol. The topological polar surface area (TPSA) is 75.3 Å². The molecular weight excluding hydrogens is 377 g/mol. The Hall–Kier alpha value is -2.84. The van der Waals surface area contributed by atoms with Crippen molar-refractivity contribution in [2.75, 3.05) is 11.9 Å². The predicted molar refractivity (Wildman–Crippen MR) is 109 cm³/mol. The third-order valence-corrected chi connectivity index (χ3v) is 5.35. The molecule has 0 amide bonds. The second-order valence-electron chi connectivity index (χ2n) is 6.81. The Balaban J connectivity index is 1.80. The third kappa shape index (κ3) is 3.48. The van der Waals surface area contributed by atoms with E-state index in [1.807, 2.05) is 35.9 Å². The second kappa shape index (κ2) is 7.65. The highest BCUT2D eigenvalue weighted by atomic mass is 32.1. The lowest BCUT2D eigenvalue weighted by molar-refractivity contribution is 0.248. The largest absolute Gasteiger partial charge is 0.394 e. The van der Waals surface area contributed by atoms with Crippen molar-refractivity contribution in [3.63, 3.8) is 0 Å². The molecule has 0 bridgehead atoms. The minimum atomic E-state index is -0.288. The van der Waals surface area contributed by atoms with Crippen molar-refractivity contribution in [2.45, 2.75) is 19.9 Å². The molecule has 1 aromatic carbocycles. The predicted octanol–water partition coefficient (Wildman–Crippen LogP) is 4.09. The van der Waals surface area contributed by atoms with Crippen molar-refractivity contribution in [1.29, 1.82) is 0 Å². The summed E-state index contributed by atoms with van der Waals surface area (Å²) in [6, 6.07) is 7.96. The van der Waals surface area contributed by atoms with Crippen LogP contribution in [0.5, 0.6) is 0 Å². The number of nitrogens with one attached hydrogen (secondary N) is 1. The molecular formula is C20H20FN5OS. The molecule has 0 saturated heterocycles. The van der Waals surface area contributed by atoms with E-state index in [0.717, 1.165) is 21.9 Å². The van der Waals surface area contributed by atoms with Gasteiger partial charge in [0.2, 0.25) is 5.95 Å². The summed E-state index contributed by atoms with van der Waals surface area (Å²) >= 11 is 1.52. The average Bonchev–Trinajstić information content (AvgIpc) is 3.27. The first kappa shape index (κ1) is 18.5. The maximum Gasteiger partial charge on any atom is 0.223 e. The van der Waals surface area contributed by atoms with Gasteiger partial charge in [-0.2, -0.15) is 0 Å². The number of benzene rings is 1. The maximum atomic E-state index is 13.4. The minimum Gasteiger partial charge on any atom is -0.394 e. The molecule has 0 unspecified atom stereocenters. The standard InChI is InChI=1S/C20H20FN5OS/c1-12(2)16(11-27)24-19-22-8-7-15(23-19)18-17(13-3-5-14(21)6-4-13)25-20-26(18)9-10-28-20/h3-10,12,16,27H,11H2,1-2H3,(H,22,23,24)/t16-/m0/s1. The first-order valence-electron chi connectivity index (χ1n) is 8.99. The zero-order valence-corrected chi connectivity index (χ0v) is 16.3. The number of halogens is 1. The van der Waals surface area contributed by atoms with Crippen LogP contribution in [-0.2, 0) is 0 Å². The molecule has 0 saturated carbocycles. The molecule has 3 heterocycles. The lowest BCUT2D eigenvalue weighted by Gasteiger charge is -2.19. The van der Waals surface area contributed by atoms with Gasteiger partial charge in [0.25, 0.3) is 0 Å². The van der Waals surface area contributed by atoms with Gasteiger partial charge in [-0.25, -0.2) is 19.3 Å². The number of rotatable bonds is 6. The molecule has 144 valence electrons. The van der Waals surface area contributed by atoms with Crippen LogP contribution < -0.4 is 5.32 Å². The lowest BCUT2D eigenvalue weighted by atomic mass is 10.1. The second-order valence-corrected chi connectivity index (χ2v) is 7.69. The number of imidazole rings is 1. The number of thiazole rings is 1. The van der Waals surface area contributed by atoms with Crippen LogP contribution in [0.15, 0.2) is 48.1 Å². The summed E-state index contributed by atoms with van der Waals surface area (Å²) in [5, 5.41) is 14.7. The molecule has 1 atom stereocenters. The Labute approximate surface area is 165 Å². The molecule has 4 rings (SSSR count). The highest BCUT2D eigenvalue weighted by molar-refractivity contribution is 7.15. The van der Waals surface area contributed by atoms with Gasteiger partial charge in [-0.1, -0.05) is 13.8 Å². The molecule has 28 heavy (non-hydrogen) atoms. The zero-order valence-electron chi connectivity index (χ0n) is 15.5. The van der Waals surface area contributed by atoms with Crippen molar-refractivity contribution in [3.8, 4) is 22.6 Å². The quantitative estimate of drug-likeness (QED) is 0.513. The van der Waals surface area contributed by atoms with Gasteiger partial charge < -0.3 is 10.4 Å². The van der Waals surface area contributed by atoms with Crippen LogP contribution in [-0.4, -0.2) is 37.1 Å². The zero-order chi connectivity index (χ0) is 19.7. The third-order valence-electron chi connectivity index (χ3n) is 4.59. The van der Waals surface area contributed by atoms with Crippen molar-refractivity contribution in [3.05, 3.63) is 53.9 Å². The summed E-state index contributed by atoms with van der Waals surface area (Å²) in [4.78, 5) is 14.5. The fourth-order valence-corrected chi connectivity index (χ4v) is 3.70. The van der Waals surface area contributed by atoms with E-state index in [2.05, 4.69) is 15.3 Å². The minimum absolute atomic E-state index is 0.00641. The number of aromatic nitrogens is 4. The van der Waals surface area contributed by atoms with Gasteiger partial charge in [0.1, 0.15) is 11.5 Å². The van der Waals surface area contributed by atoms with Crippen LogP contribution in [0, 0.1) is 11.7 Å². The number of nitrogens with zero attached hydrogens (tertiary/aromatic N) is 4.